The minimum Gasteiger partial charge on any atom is -0.345 e. The van der Waals surface area contributed by atoms with Gasteiger partial charge in [0.1, 0.15) is 0 Å². The number of rotatable bonds is 8. The summed E-state index contributed by atoms with van der Waals surface area (Å²) >= 11 is 0. The number of benzene rings is 1. The number of nitrogens with zero attached hydrogens (tertiary/aromatic N) is 3. The fourth-order valence-electron chi connectivity index (χ4n) is 4.75. The van der Waals surface area contributed by atoms with Gasteiger partial charge in [-0.1, -0.05) is 31.2 Å². The first-order valence-corrected chi connectivity index (χ1v) is 11.8. The number of aryl methyl sites for hydroxylation is 3. The molecule has 1 saturated carbocycles. The summed E-state index contributed by atoms with van der Waals surface area (Å²) in [7, 11) is 0. The van der Waals surface area contributed by atoms with E-state index in [4.69, 9.17) is 0 Å². The van der Waals surface area contributed by atoms with Crippen LogP contribution >= 0.6 is 0 Å². The molecular weight excluding hydrogens is 386 g/mol. The van der Waals surface area contributed by atoms with Crippen molar-refractivity contribution in [1.82, 2.24) is 14.4 Å². The molecule has 2 aliphatic rings. The highest BCUT2D eigenvalue weighted by atomic mass is 16.2. The molecule has 1 amide bonds. The number of hydrogen-bond donors (Lipinski definition) is 0. The highest BCUT2D eigenvalue weighted by molar-refractivity contribution is 5.99. The van der Waals surface area contributed by atoms with Crippen LogP contribution in [0, 0.1) is 13.8 Å². The Labute approximate surface area is 186 Å². The Morgan fingerprint density at radius 1 is 0.968 bits per heavy atom. The lowest BCUT2D eigenvalue weighted by Crippen LogP contribution is -2.50. The van der Waals surface area contributed by atoms with Crippen LogP contribution in [-0.4, -0.2) is 58.8 Å². The summed E-state index contributed by atoms with van der Waals surface area (Å²) in [6, 6.07) is 11.2. The van der Waals surface area contributed by atoms with Crippen molar-refractivity contribution in [2.75, 3.05) is 32.7 Å². The van der Waals surface area contributed by atoms with Gasteiger partial charge in [-0.25, -0.2) is 0 Å². The summed E-state index contributed by atoms with van der Waals surface area (Å²) in [6.45, 7) is 9.73. The second-order valence-corrected chi connectivity index (χ2v) is 9.14. The number of carbonyl (C=O) groups is 2. The number of hydrogen-bond acceptors (Lipinski definition) is 3. The van der Waals surface area contributed by atoms with Gasteiger partial charge in [0.2, 0.25) is 5.91 Å². The molecule has 1 aromatic carbocycles. The van der Waals surface area contributed by atoms with E-state index in [2.05, 4.69) is 60.6 Å². The number of Topliss-reactive ketones (excluding diaryl/α,β-unsaturated/α-hetero) is 1. The molecule has 5 heteroatoms. The first-order valence-electron chi connectivity index (χ1n) is 11.8. The standard InChI is InChI=1S/C26H35N3O2/c1-4-21-5-7-22(8-6-21)9-12-26(31)28-15-13-27(14-16-28)18-25(30)24-17-19(2)29(20(24)3)23-10-11-23/h5-8,17,23H,4,9-16,18H2,1-3H3. The molecule has 31 heavy (non-hydrogen) atoms. The fraction of sp³-hybridized carbons (Fsp3) is 0.538. The normalized spacial score (nSPS) is 17.2. The average molecular weight is 422 g/mol. The molecule has 0 unspecified atom stereocenters. The highest BCUT2D eigenvalue weighted by Gasteiger charge is 2.29. The molecule has 2 heterocycles. The van der Waals surface area contributed by atoms with Crippen molar-refractivity contribution in [2.24, 2.45) is 0 Å². The zero-order chi connectivity index (χ0) is 22.0. The molecule has 166 valence electrons. The largest absolute Gasteiger partial charge is 0.345 e. The lowest BCUT2D eigenvalue weighted by molar-refractivity contribution is -0.132. The van der Waals surface area contributed by atoms with Gasteiger partial charge in [-0.15, -0.1) is 0 Å². The summed E-state index contributed by atoms with van der Waals surface area (Å²) < 4.78 is 2.33. The molecule has 2 fully saturated rings. The molecule has 0 spiro atoms. The molecule has 1 saturated heterocycles. The Kier molecular flexibility index (Phi) is 6.61. The average Bonchev–Trinajstić information content (AvgIpc) is 3.57. The maximum atomic E-state index is 12.9. The molecule has 0 radical (unpaired) electrons. The maximum Gasteiger partial charge on any atom is 0.222 e. The smallest absolute Gasteiger partial charge is 0.222 e. The van der Waals surface area contributed by atoms with Gasteiger partial charge < -0.3 is 9.47 Å². The second kappa shape index (κ2) is 9.39. The molecule has 1 aromatic heterocycles. The van der Waals surface area contributed by atoms with Gasteiger partial charge in [0, 0.05) is 55.6 Å². The predicted octanol–water partition coefficient (Wildman–Crippen LogP) is 3.96. The number of ketones is 1. The van der Waals surface area contributed by atoms with Gasteiger partial charge in [0.05, 0.1) is 6.54 Å². The van der Waals surface area contributed by atoms with Crippen LogP contribution in [0.2, 0.25) is 0 Å². The first kappa shape index (κ1) is 21.8. The van der Waals surface area contributed by atoms with Crippen LogP contribution in [0.3, 0.4) is 0 Å². The summed E-state index contributed by atoms with van der Waals surface area (Å²) in [5.74, 6) is 0.425. The zero-order valence-corrected chi connectivity index (χ0v) is 19.2. The van der Waals surface area contributed by atoms with Crippen LogP contribution < -0.4 is 0 Å². The Balaban J connectivity index is 1.24. The van der Waals surface area contributed by atoms with E-state index >= 15 is 0 Å². The van der Waals surface area contributed by atoms with E-state index in [1.54, 1.807) is 0 Å². The Bertz CT molecular complexity index is 932. The molecule has 4 rings (SSSR count). The van der Waals surface area contributed by atoms with Gasteiger partial charge in [-0.05, 0) is 56.7 Å². The topological polar surface area (TPSA) is 45.6 Å². The number of amides is 1. The van der Waals surface area contributed by atoms with Crippen LogP contribution in [0.4, 0.5) is 0 Å². The lowest BCUT2D eigenvalue weighted by Gasteiger charge is -2.34. The molecular formula is C26H35N3O2. The Morgan fingerprint density at radius 3 is 2.23 bits per heavy atom. The minimum absolute atomic E-state index is 0.204. The predicted molar refractivity (Wildman–Crippen MR) is 124 cm³/mol. The highest BCUT2D eigenvalue weighted by Crippen LogP contribution is 2.38. The molecule has 5 nitrogen and oxygen atoms in total. The van der Waals surface area contributed by atoms with Gasteiger partial charge in [0.15, 0.2) is 5.78 Å². The molecule has 0 bridgehead atoms. The van der Waals surface area contributed by atoms with Crippen molar-refractivity contribution in [2.45, 2.75) is 58.9 Å². The minimum atomic E-state index is 0.204. The van der Waals surface area contributed by atoms with Crippen molar-refractivity contribution in [3.63, 3.8) is 0 Å². The van der Waals surface area contributed by atoms with Crippen molar-refractivity contribution < 1.29 is 9.59 Å². The van der Waals surface area contributed by atoms with Crippen LogP contribution in [0.1, 0.15) is 65.1 Å². The van der Waals surface area contributed by atoms with E-state index in [1.165, 1.54) is 29.7 Å². The van der Waals surface area contributed by atoms with Gasteiger partial charge in [-0.2, -0.15) is 0 Å². The van der Waals surface area contributed by atoms with Gasteiger partial charge in [-0.3, -0.25) is 14.5 Å². The van der Waals surface area contributed by atoms with E-state index in [1.807, 2.05) is 4.90 Å². The van der Waals surface area contributed by atoms with E-state index < -0.39 is 0 Å². The summed E-state index contributed by atoms with van der Waals surface area (Å²) in [4.78, 5) is 29.7. The van der Waals surface area contributed by atoms with Crippen LogP contribution in [-0.2, 0) is 17.6 Å². The van der Waals surface area contributed by atoms with Crippen molar-refractivity contribution in [3.05, 3.63) is 58.4 Å². The molecule has 1 aliphatic carbocycles. The first-order chi connectivity index (χ1) is 15.0. The Morgan fingerprint density at radius 2 is 1.61 bits per heavy atom. The number of piperazine rings is 1. The third-order valence-electron chi connectivity index (χ3n) is 6.85. The SMILES string of the molecule is CCc1ccc(CCC(=O)N2CCN(CC(=O)c3cc(C)n(C4CC4)c3C)CC2)cc1. The van der Waals surface area contributed by atoms with E-state index in [-0.39, 0.29) is 11.7 Å². The number of aromatic nitrogens is 1. The van der Waals surface area contributed by atoms with Crippen molar-refractivity contribution in [3.8, 4) is 0 Å². The van der Waals surface area contributed by atoms with Crippen LogP contribution in [0.15, 0.2) is 30.3 Å². The molecule has 2 aromatic rings. The summed E-state index contributed by atoms with van der Waals surface area (Å²) in [5.41, 5.74) is 5.74. The van der Waals surface area contributed by atoms with Crippen LogP contribution in [0.5, 0.6) is 0 Å². The van der Waals surface area contributed by atoms with Gasteiger partial charge in [0.25, 0.3) is 0 Å². The third-order valence-corrected chi connectivity index (χ3v) is 6.85. The molecule has 0 atom stereocenters. The van der Waals surface area contributed by atoms with E-state index in [0.29, 0.717) is 32.1 Å². The van der Waals surface area contributed by atoms with Crippen molar-refractivity contribution in [1.29, 1.82) is 0 Å². The quantitative estimate of drug-likeness (QED) is 0.606. The fourth-order valence-corrected chi connectivity index (χ4v) is 4.75. The number of carbonyl (C=O) groups excluding carboxylic acids is 2. The summed E-state index contributed by atoms with van der Waals surface area (Å²) in [6.07, 6.45) is 4.83. The van der Waals surface area contributed by atoms with Crippen LogP contribution in [0.25, 0.3) is 0 Å². The van der Waals surface area contributed by atoms with Gasteiger partial charge >= 0.3 is 0 Å². The summed E-state index contributed by atoms with van der Waals surface area (Å²) in [5, 5.41) is 0. The zero-order valence-electron chi connectivity index (χ0n) is 19.2. The lowest BCUT2D eigenvalue weighted by atomic mass is 10.1. The van der Waals surface area contributed by atoms with Crippen molar-refractivity contribution >= 4 is 11.7 Å². The second-order valence-electron chi connectivity index (χ2n) is 9.14. The molecule has 1 aliphatic heterocycles. The van der Waals surface area contributed by atoms with E-state index in [9.17, 15) is 9.59 Å². The van der Waals surface area contributed by atoms with E-state index in [0.717, 1.165) is 37.2 Å². The monoisotopic (exact) mass is 421 g/mol. The maximum absolute atomic E-state index is 12.9. The molecule has 0 N–H and O–H groups in total. The Hall–Kier alpha value is -2.40. The third kappa shape index (κ3) is 5.09.